The van der Waals surface area contributed by atoms with Crippen LogP contribution in [0.15, 0.2) is 30.6 Å². The van der Waals surface area contributed by atoms with Gasteiger partial charge in [0.2, 0.25) is 0 Å². The summed E-state index contributed by atoms with van der Waals surface area (Å²) in [6.45, 7) is 5.26. The van der Waals surface area contributed by atoms with Gasteiger partial charge in [0.1, 0.15) is 0 Å². The van der Waals surface area contributed by atoms with Crippen molar-refractivity contribution in [1.29, 1.82) is 0 Å². The van der Waals surface area contributed by atoms with Crippen LogP contribution in [0.25, 0.3) is 0 Å². The minimum Gasteiger partial charge on any atom is -0.359 e. The van der Waals surface area contributed by atoms with Crippen LogP contribution in [0, 0.1) is 0 Å². The average molecular weight is 422 g/mol. The van der Waals surface area contributed by atoms with E-state index in [-0.39, 0.29) is 17.0 Å². The van der Waals surface area contributed by atoms with Crippen molar-refractivity contribution < 1.29 is 0 Å². The summed E-state index contributed by atoms with van der Waals surface area (Å²) >= 11 is 12.0. The van der Waals surface area contributed by atoms with E-state index in [0.29, 0.717) is 10.0 Å². The van der Waals surface area contributed by atoms with Gasteiger partial charge in [-0.25, -0.2) is 0 Å². The predicted octanol–water partition coefficient (Wildman–Crippen LogP) is 6.48. The molecule has 1 heterocycles. The molecule has 0 amide bonds. The second-order valence-corrected chi connectivity index (χ2v) is 6.83. The third-order valence-corrected chi connectivity index (χ3v) is 4.76. The van der Waals surface area contributed by atoms with Crippen molar-refractivity contribution >= 4 is 40.2 Å². The zero-order valence-corrected chi connectivity index (χ0v) is 17.0. The monoisotopic (exact) mass is 420 g/mol. The summed E-state index contributed by atoms with van der Waals surface area (Å²) in [5, 5.41) is 1.25. The maximum atomic E-state index is 6.07. The summed E-state index contributed by atoms with van der Waals surface area (Å²) in [5.41, 5.74) is 1.19. The smallest absolute Gasteiger partial charge is 0.0897 e. The molecule has 1 aliphatic rings. The van der Waals surface area contributed by atoms with Gasteiger partial charge in [-0.1, -0.05) is 68.3 Å². The number of unbranched alkanes of at least 4 members (excludes halogenated alkanes) is 5. The molecule has 0 atom stereocenters. The highest BCUT2D eigenvalue weighted by atomic mass is 79.9. The molecule has 0 radical (unpaired) electrons. The molecule has 0 fully saturated rings. The van der Waals surface area contributed by atoms with E-state index < -0.39 is 0 Å². The van der Waals surface area contributed by atoms with Gasteiger partial charge in [-0.05, 0) is 24.1 Å². The number of hydrogen-bond donors (Lipinski definition) is 0. The van der Waals surface area contributed by atoms with Gasteiger partial charge in [0.15, 0.2) is 0 Å². The second-order valence-electron chi connectivity index (χ2n) is 6.02. The Labute approximate surface area is 161 Å². The molecule has 130 valence electrons. The molecular weight excluding hydrogens is 395 g/mol. The van der Waals surface area contributed by atoms with Crippen LogP contribution in [-0.4, -0.2) is 23.0 Å². The number of nitrogens with zero attached hydrogens (tertiary/aromatic N) is 2. The lowest BCUT2D eigenvalue weighted by Crippen LogP contribution is -2.25. The number of hydrogen-bond acceptors (Lipinski definition) is 2. The highest BCUT2D eigenvalue weighted by Gasteiger charge is 2.12. The maximum Gasteiger partial charge on any atom is 0.0897 e. The topological polar surface area (TPSA) is 6.48 Å². The number of rotatable bonds is 9. The van der Waals surface area contributed by atoms with Gasteiger partial charge < -0.3 is 9.80 Å². The third kappa shape index (κ3) is 7.36. The molecule has 0 saturated heterocycles. The molecule has 0 aliphatic carbocycles. The molecule has 23 heavy (non-hydrogen) atoms. The molecule has 0 N–H and O–H groups in total. The van der Waals surface area contributed by atoms with Crippen molar-refractivity contribution in [2.24, 2.45) is 0 Å². The first kappa shape index (κ1) is 20.7. The molecule has 0 aromatic heterocycles. The Morgan fingerprint density at radius 1 is 0.913 bits per heavy atom. The number of benzene rings is 1. The Morgan fingerprint density at radius 3 is 2.35 bits per heavy atom. The van der Waals surface area contributed by atoms with Crippen molar-refractivity contribution in [3.05, 3.63) is 46.2 Å². The highest BCUT2D eigenvalue weighted by molar-refractivity contribution is 8.93. The molecular formula is C18H27BrCl2N2. The average Bonchev–Trinajstić information content (AvgIpc) is 2.94. The second kappa shape index (κ2) is 11.2. The summed E-state index contributed by atoms with van der Waals surface area (Å²) in [6, 6.07) is 5.86. The van der Waals surface area contributed by atoms with E-state index in [1.807, 2.05) is 18.2 Å². The van der Waals surface area contributed by atoms with Crippen LogP contribution in [0.1, 0.15) is 51.0 Å². The van der Waals surface area contributed by atoms with Crippen molar-refractivity contribution in [3.8, 4) is 0 Å². The van der Waals surface area contributed by atoms with E-state index in [9.17, 15) is 0 Å². The summed E-state index contributed by atoms with van der Waals surface area (Å²) < 4.78 is 0. The van der Waals surface area contributed by atoms with E-state index in [1.165, 1.54) is 44.1 Å². The lowest BCUT2D eigenvalue weighted by atomic mass is 10.1. The van der Waals surface area contributed by atoms with E-state index in [1.54, 1.807) is 0 Å². The van der Waals surface area contributed by atoms with E-state index >= 15 is 0 Å². The number of halogens is 3. The summed E-state index contributed by atoms with van der Waals surface area (Å²) in [4.78, 5) is 4.69. The van der Waals surface area contributed by atoms with Crippen molar-refractivity contribution in [3.63, 3.8) is 0 Å². The van der Waals surface area contributed by atoms with Crippen LogP contribution < -0.4 is 0 Å². The zero-order chi connectivity index (χ0) is 15.8. The van der Waals surface area contributed by atoms with Crippen LogP contribution in [0.4, 0.5) is 0 Å². The molecule has 0 unspecified atom stereocenters. The minimum absolute atomic E-state index is 0. The maximum absolute atomic E-state index is 6.07. The first-order chi connectivity index (χ1) is 10.7. The highest BCUT2D eigenvalue weighted by Crippen LogP contribution is 2.24. The first-order valence-electron chi connectivity index (χ1n) is 8.29. The van der Waals surface area contributed by atoms with Gasteiger partial charge in [-0.15, -0.1) is 17.0 Å². The van der Waals surface area contributed by atoms with E-state index in [4.69, 9.17) is 23.2 Å². The van der Waals surface area contributed by atoms with Crippen LogP contribution in [0.2, 0.25) is 10.0 Å². The van der Waals surface area contributed by atoms with E-state index in [0.717, 1.165) is 19.8 Å². The third-order valence-electron chi connectivity index (χ3n) is 4.02. The van der Waals surface area contributed by atoms with Gasteiger partial charge in [0.05, 0.1) is 16.7 Å². The van der Waals surface area contributed by atoms with Crippen LogP contribution in [-0.2, 0) is 6.54 Å². The fourth-order valence-corrected chi connectivity index (χ4v) is 3.05. The summed E-state index contributed by atoms with van der Waals surface area (Å²) in [5.74, 6) is 0. The Bertz CT molecular complexity index is 494. The molecule has 1 aromatic rings. The molecule has 0 saturated carbocycles. The SMILES string of the molecule is Br.CCCCCCCCN1C=CN(Cc2ccc(Cl)c(Cl)c2)C1. The molecule has 0 spiro atoms. The molecule has 1 aliphatic heterocycles. The molecule has 1 aromatic carbocycles. The molecule has 2 rings (SSSR count). The molecule has 5 heteroatoms. The Kier molecular flexibility index (Phi) is 10.1. The predicted molar refractivity (Wildman–Crippen MR) is 106 cm³/mol. The van der Waals surface area contributed by atoms with Gasteiger partial charge in [-0.3, -0.25) is 0 Å². The van der Waals surface area contributed by atoms with Crippen molar-refractivity contribution in [2.45, 2.75) is 52.0 Å². The molecule has 0 bridgehead atoms. The van der Waals surface area contributed by atoms with E-state index in [2.05, 4.69) is 29.1 Å². The van der Waals surface area contributed by atoms with Crippen molar-refractivity contribution in [1.82, 2.24) is 9.80 Å². The Morgan fingerprint density at radius 2 is 1.61 bits per heavy atom. The zero-order valence-electron chi connectivity index (χ0n) is 13.8. The Balaban J connectivity index is 0.00000264. The van der Waals surface area contributed by atoms with Gasteiger partial charge >= 0.3 is 0 Å². The largest absolute Gasteiger partial charge is 0.359 e. The van der Waals surface area contributed by atoms with Crippen LogP contribution >= 0.6 is 40.2 Å². The minimum atomic E-state index is 0. The van der Waals surface area contributed by atoms with Gasteiger partial charge in [-0.2, -0.15) is 0 Å². The Hall–Kier alpha value is -0.380. The standard InChI is InChI=1S/C18H26Cl2N2.BrH/c1-2-3-4-5-6-7-10-21-11-12-22(15-21)14-16-8-9-17(19)18(20)13-16;/h8-9,11-13H,2-7,10,14-15H2,1H3;1H. The lowest BCUT2D eigenvalue weighted by Gasteiger charge is -2.21. The fraction of sp³-hybridized carbons (Fsp3) is 0.556. The van der Waals surface area contributed by atoms with Crippen molar-refractivity contribution in [2.75, 3.05) is 13.2 Å². The quantitative estimate of drug-likeness (QED) is 0.421. The summed E-state index contributed by atoms with van der Waals surface area (Å²) in [7, 11) is 0. The first-order valence-corrected chi connectivity index (χ1v) is 9.05. The van der Waals surface area contributed by atoms with Crippen LogP contribution in [0.3, 0.4) is 0 Å². The van der Waals surface area contributed by atoms with Gasteiger partial charge in [0, 0.05) is 25.5 Å². The van der Waals surface area contributed by atoms with Crippen LogP contribution in [0.5, 0.6) is 0 Å². The normalized spacial score (nSPS) is 13.5. The van der Waals surface area contributed by atoms with Gasteiger partial charge in [0.25, 0.3) is 0 Å². The summed E-state index contributed by atoms with van der Waals surface area (Å²) in [6.07, 6.45) is 12.4. The molecule has 2 nitrogen and oxygen atoms in total. The lowest BCUT2D eigenvalue weighted by molar-refractivity contribution is 0.256. The fourth-order valence-electron chi connectivity index (χ4n) is 2.73.